The number of benzene rings is 3. The van der Waals surface area contributed by atoms with Gasteiger partial charge in [0.05, 0.1) is 0 Å². The van der Waals surface area contributed by atoms with Gasteiger partial charge in [-0.25, -0.2) is 4.79 Å². The van der Waals surface area contributed by atoms with Crippen molar-refractivity contribution in [2.24, 2.45) is 0 Å². The fourth-order valence-electron chi connectivity index (χ4n) is 6.16. The molecule has 282 valence electrons. The van der Waals surface area contributed by atoms with E-state index in [2.05, 4.69) is 26.6 Å². The molecule has 1 fully saturated rings. The van der Waals surface area contributed by atoms with E-state index >= 15 is 0 Å². The zero-order valence-electron chi connectivity index (χ0n) is 29.8. The van der Waals surface area contributed by atoms with E-state index < -0.39 is 53.8 Å². The number of carbonyl (C=O) groups excluding carboxylic acids is 5. The third-order valence-corrected chi connectivity index (χ3v) is 10.0. The van der Waals surface area contributed by atoms with Crippen LogP contribution in [0.25, 0.3) is 11.1 Å². The summed E-state index contributed by atoms with van der Waals surface area (Å²) in [6.45, 7) is 0.257. The maximum absolute atomic E-state index is 14.3. The van der Waals surface area contributed by atoms with E-state index in [1.807, 2.05) is 78.2 Å². The Labute approximate surface area is 318 Å². The fourth-order valence-corrected chi connectivity index (χ4v) is 6.92. The summed E-state index contributed by atoms with van der Waals surface area (Å²) in [5, 5.41) is 25.5. The molecular weight excluding hydrogens is 707 g/mol. The Balaban J connectivity index is 1.46. The standard InChI is InChI=1S/C41H45N5O7S/c47-36-20-21-37(48)43-35(26-31-14-9-23-54-31)40(51)46-34(25-28-16-18-30(19-17-28)29-12-5-2-6-13-29)39(50)45-33(24-27-10-3-1-4-11-27)38(49)44-32(41(52)53)15-7-8-22-42-36/h1-6,9-14,16-19,23,32-35H,7-8,15,20-22,24-26H2,(H,42,47)(H,43,48)(H,44,49)(H,45,50)(H,46,51)(H,52,53)/t32-,33+,34-,35+/m0/s1. The molecule has 3 aromatic carbocycles. The van der Waals surface area contributed by atoms with Gasteiger partial charge in [-0.3, -0.25) is 24.0 Å². The van der Waals surface area contributed by atoms with Gasteiger partial charge in [-0.15, -0.1) is 11.3 Å². The van der Waals surface area contributed by atoms with Gasteiger partial charge in [-0.2, -0.15) is 0 Å². The van der Waals surface area contributed by atoms with Crippen LogP contribution in [0.5, 0.6) is 0 Å². The molecule has 4 atom stereocenters. The fraction of sp³-hybridized carbons (Fsp3) is 0.317. The van der Waals surface area contributed by atoms with E-state index in [4.69, 9.17) is 0 Å². The highest BCUT2D eigenvalue weighted by molar-refractivity contribution is 7.09. The van der Waals surface area contributed by atoms with Crippen LogP contribution >= 0.6 is 11.3 Å². The molecule has 0 unspecified atom stereocenters. The summed E-state index contributed by atoms with van der Waals surface area (Å²) in [5.41, 5.74) is 3.43. The highest BCUT2D eigenvalue weighted by Crippen LogP contribution is 2.20. The van der Waals surface area contributed by atoms with Crippen molar-refractivity contribution < 1.29 is 33.9 Å². The smallest absolute Gasteiger partial charge is 0.326 e. The minimum absolute atomic E-state index is 0.0455. The van der Waals surface area contributed by atoms with Crippen LogP contribution in [0.4, 0.5) is 0 Å². The second-order valence-corrected chi connectivity index (χ2v) is 14.3. The van der Waals surface area contributed by atoms with Crippen molar-refractivity contribution in [1.29, 1.82) is 0 Å². The molecule has 12 nitrogen and oxygen atoms in total. The summed E-state index contributed by atoms with van der Waals surface area (Å²) < 4.78 is 0. The molecule has 2 heterocycles. The lowest BCUT2D eigenvalue weighted by Crippen LogP contribution is -2.59. The highest BCUT2D eigenvalue weighted by Gasteiger charge is 2.32. The summed E-state index contributed by atoms with van der Waals surface area (Å²) in [6.07, 6.45) is 0.899. The molecule has 4 aromatic rings. The van der Waals surface area contributed by atoms with E-state index in [0.717, 1.165) is 27.1 Å². The number of thiophene rings is 1. The normalized spacial score (nSPS) is 21.1. The van der Waals surface area contributed by atoms with Crippen LogP contribution in [0, 0.1) is 0 Å². The van der Waals surface area contributed by atoms with Crippen LogP contribution in [-0.4, -0.2) is 71.3 Å². The van der Waals surface area contributed by atoms with Gasteiger partial charge in [-0.1, -0.05) is 91.0 Å². The van der Waals surface area contributed by atoms with E-state index in [9.17, 15) is 33.9 Å². The van der Waals surface area contributed by atoms with Crippen molar-refractivity contribution >= 4 is 46.8 Å². The third kappa shape index (κ3) is 12.1. The number of rotatable bonds is 8. The Morgan fingerprint density at radius 1 is 0.593 bits per heavy atom. The molecule has 13 heteroatoms. The summed E-state index contributed by atoms with van der Waals surface area (Å²) in [6, 6.07) is 25.3. The first-order chi connectivity index (χ1) is 26.1. The summed E-state index contributed by atoms with van der Waals surface area (Å²) in [4.78, 5) is 80.7. The Morgan fingerprint density at radius 2 is 1.15 bits per heavy atom. The quantitative estimate of drug-likeness (QED) is 0.159. The second kappa shape index (κ2) is 19.9. The van der Waals surface area contributed by atoms with Crippen LogP contribution in [0.1, 0.15) is 48.1 Å². The zero-order valence-corrected chi connectivity index (χ0v) is 30.6. The number of nitrogens with one attached hydrogen (secondary N) is 5. The van der Waals surface area contributed by atoms with Crippen molar-refractivity contribution in [3.8, 4) is 11.1 Å². The first kappa shape index (κ1) is 39.4. The highest BCUT2D eigenvalue weighted by atomic mass is 32.1. The van der Waals surface area contributed by atoms with Crippen molar-refractivity contribution in [1.82, 2.24) is 26.6 Å². The molecule has 1 aliphatic heterocycles. The lowest BCUT2D eigenvalue weighted by Gasteiger charge is -2.26. The topological polar surface area (TPSA) is 183 Å². The van der Waals surface area contributed by atoms with Crippen LogP contribution in [0.15, 0.2) is 102 Å². The van der Waals surface area contributed by atoms with Gasteiger partial charge >= 0.3 is 5.97 Å². The lowest BCUT2D eigenvalue weighted by atomic mass is 9.99. The average molecular weight is 752 g/mol. The molecule has 1 aromatic heterocycles. The van der Waals surface area contributed by atoms with E-state index in [1.54, 1.807) is 24.3 Å². The molecule has 0 bridgehead atoms. The van der Waals surface area contributed by atoms with Crippen LogP contribution < -0.4 is 26.6 Å². The van der Waals surface area contributed by atoms with Gasteiger partial charge in [0.15, 0.2) is 0 Å². The van der Waals surface area contributed by atoms with Crippen LogP contribution in [-0.2, 0) is 48.0 Å². The number of amides is 5. The minimum Gasteiger partial charge on any atom is -0.480 e. The number of aliphatic carboxylic acids is 1. The lowest BCUT2D eigenvalue weighted by molar-refractivity contribution is -0.142. The SMILES string of the molecule is O=C1CCC(=O)N[C@H](Cc2cccs2)C(=O)N[C@@H](Cc2ccc(-c3ccccc3)cc2)C(=O)N[C@H](Cc2ccccc2)C(=O)N[C@H](C(=O)O)CCCCN1. The van der Waals surface area contributed by atoms with Gasteiger partial charge in [0.1, 0.15) is 24.2 Å². The third-order valence-electron chi connectivity index (χ3n) is 9.12. The van der Waals surface area contributed by atoms with Gasteiger partial charge < -0.3 is 31.7 Å². The molecule has 54 heavy (non-hydrogen) atoms. The molecule has 5 amide bonds. The molecule has 1 aliphatic rings. The van der Waals surface area contributed by atoms with Gasteiger partial charge in [0, 0.05) is 43.5 Å². The molecule has 0 radical (unpaired) electrons. The number of hydrogen-bond acceptors (Lipinski definition) is 7. The first-order valence-electron chi connectivity index (χ1n) is 18.0. The van der Waals surface area contributed by atoms with Gasteiger partial charge in [0.2, 0.25) is 29.5 Å². The summed E-state index contributed by atoms with van der Waals surface area (Å²) >= 11 is 1.41. The molecule has 0 spiro atoms. The molecule has 0 aliphatic carbocycles. The van der Waals surface area contributed by atoms with E-state index in [1.165, 1.54) is 11.3 Å². The first-order valence-corrected chi connectivity index (χ1v) is 18.9. The van der Waals surface area contributed by atoms with Crippen LogP contribution in [0.2, 0.25) is 0 Å². The zero-order chi connectivity index (χ0) is 38.3. The number of carboxylic acid groups (broad SMARTS) is 1. The Hall–Kier alpha value is -5.82. The van der Waals surface area contributed by atoms with E-state index in [0.29, 0.717) is 12.8 Å². The van der Waals surface area contributed by atoms with Gasteiger partial charge in [-0.05, 0) is 53.0 Å². The van der Waals surface area contributed by atoms with Crippen molar-refractivity contribution in [2.75, 3.05) is 6.54 Å². The largest absolute Gasteiger partial charge is 0.480 e. The predicted molar refractivity (Wildman–Crippen MR) is 205 cm³/mol. The van der Waals surface area contributed by atoms with Crippen molar-refractivity contribution in [3.63, 3.8) is 0 Å². The number of hydrogen-bond donors (Lipinski definition) is 6. The molecule has 0 saturated carbocycles. The Kier molecular flexibility index (Phi) is 14.5. The summed E-state index contributed by atoms with van der Waals surface area (Å²) in [5.74, 6) is -4.07. The summed E-state index contributed by atoms with van der Waals surface area (Å²) in [7, 11) is 0. The molecule has 6 N–H and O–H groups in total. The Morgan fingerprint density at radius 3 is 1.76 bits per heavy atom. The monoisotopic (exact) mass is 751 g/mol. The number of carbonyl (C=O) groups is 6. The molecule has 5 rings (SSSR count). The maximum Gasteiger partial charge on any atom is 0.326 e. The number of carboxylic acids is 1. The molecule has 1 saturated heterocycles. The van der Waals surface area contributed by atoms with Gasteiger partial charge in [0.25, 0.3) is 0 Å². The van der Waals surface area contributed by atoms with Crippen molar-refractivity contribution in [2.45, 2.75) is 75.5 Å². The molecular formula is C41H45N5O7S. The second-order valence-electron chi connectivity index (χ2n) is 13.2. The Bertz CT molecular complexity index is 1870. The average Bonchev–Trinajstić information content (AvgIpc) is 3.69. The predicted octanol–water partition coefficient (Wildman–Crippen LogP) is 3.55. The maximum atomic E-state index is 14.3. The van der Waals surface area contributed by atoms with E-state index in [-0.39, 0.29) is 51.0 Å². The van der Waals surface area contributed by atoms with Crippen molar-refractivity contribution in [3.05, 3.63) is 118 Å². The minimum atomic E-state index is -1.24. The van der Waals surface area contributed by atoms with Crippen LogP contribution in [0.3, 0.4) is 0 Å².